The number of anilines is 1. The number of carbonyl (C=O) groups is 2. The first-order valence-electron chi connectivity index (χ1n) is 17.4. The highest BCUT2D eigenvalue weighted by molar-refractivity contribution is 7.90. The van der Waals surface area contributed by atoms with E-state index >= 15 is 0 Å². The van der Waals surface area contributed by atoms with Crippen molar-refractivity contribution in [2.24, 2.45) is 11.8 Å². The summed E-state index contributed by atoms with van der Waals surface area (Å²) in [7, 11) is -4.22. The van der Waals surface area contributed by atoms with E-state index < -0.39 is 33.7 Å². The Labute approximate surface area is 292 Å². The van der Waals surface area contributed by atoms with E-state index in [1.807, 2.05) is 24.3 Å². The number of amides is 2. The second-order valence-corrected chi connectivity index (χ2v) is 16.0. The van der Waals surface area contributed by atoms with Crippen LogP contribution in [0.15, 0.2) is 53.4 Å². The quantitative estimate of drug-likeness (QED) is 0.399. The Balaban J connectivity index is 1.23. The number of alkyl carbamates (subject to hydrolysis) is 1. The van der Waals surface area contributed by atoms with Crippen LogP contribution in [0.1, 0.15) is 62.5 Å². The molecule has 3 aliphatic heterocycles. The summed E-state index contributed by atoms with van der Waals surface area (Å²) in [5.41, 5.74) is 1.57. The molecule has 11 nitrogen and oxygen atoms in total. The Morgan fingerprint density at radius 1 is 1.06 bits per heavy atom. The standard InChI is InChI=1S/C36H44ClN3O8S/c37-27-9-7-26-22-46-33-12-10-29-20-31(33)40(16-2-1-5-24(26)19-27)21-25-8-11-30(25)32(48-35(42)38-28-13-18-45-23-28)6-3-17-47-36(14-4-15-36)34(41)39-49(29,43)44/h3,6-7,9-10,12,19-20,25,28,30,32H,1-2,4-5,8,11,13-18,21-23H2,(H,38,42)(H,39,41)/b6-3+/t25-,28-,30+,32-/m0/s1. The van der Waals surface area contributed by atoms with Crippen LogP contribution in [0, 0.1) is 11.8 Å². The number of halogens is 1. The predicted molar refractivity (Wildman–Crippen MR) is 183 cm³/mol. The molecule has 4 atom stereocenters. The molecule has 2 aromatic carbocycles. The number of nitrogens with zero attached hydrogens (tertiary/aromatic N) is 1. The number of nitrogens with one attached hydrogen (secondary N) is 2. The number of aryl methyl sites for hydroxylation is 1. The number of sulfonamides is 1. The molecule has 7 rings (SSSR count). The summed E-state index contributed by atoms with van der Waals surface area (Å²) in [5, 5.41) is 3.62. The molecule has 0 unspecified atom stereocenters. The number of hydrogen-bond acceptors (Lipinski definition) is 9. The van der Waals surface area contributed by atoms with E-state index in [2.05, 4.69) is 14.9 Å². The van der Waals surface area contributed by atoms with Crippen LogP contribution in [0.5, 0.6) is 5.75 Å². The maximum atomic E-state index is 13.7. The van der Waals surface area contributed by atoms with Crippen LogP contribution in [-0.2, 0) is 42.1 Å². The molecule has 2 saturated carbocycles. The minimum absolute atomic E-state index is 0.0179. The third kappa shape index (κ3) is 7.57. The van der Waals surface area contributed by atoms with Crippen LogP contribution < -0.4 is 19.7 Å². The lowest BCUT2D eigenvalue weighted by atomic mass is 9.70. The van der Waals surface area contributed by atoms with Gasteiger partial charge in [-0.1, -0.05) is 23.7 Å². The van der Waals surface area contributed by atoms with E-state index in [-0.39, 0.29) is 29.4 Å². The minimum Gasteiger partial charge on any atom is -0.487 e. The molecule has 264 valence electrons. The Kier molecular flexibility index (Phi) is 10.1. The molecule has 13 heteroatoms. The molecule has 2 bridgehead atoms. The first kappa shape index (κ1) is 34.1. The topological polar surface area (TPSA) is 132 Å². The highest BCUT2D eigenvalue weighted by atomic mass is 35.5. The van der Waals surface area contributed by atoms with Crippen molar-refractivity contribution in [1.82, 2.24) is 10.0 Å². The van der Waals surface area contributed by atoms with Crippen molar-refractivity contribution in [1.29, 1.82) is 0 Å². The van der Waals surface area contributed by atoms with Gasteiger partial charge in [-0.25, -0.2) is 17.9 Å². The number of ether oxygens (including phenoxy) is 4. The predicted octanol–water partition coefficient (Wildman–Crippen LogP) is 5.29. The van der Waals surface area contributed by atoms with E-state index in [0.29, 0.717) is 62.2 Å². The van der Waals surface area contributed by atoms with Crippen molar-refractivity contribution >= 4 is 39.3 Å². The van der Waals surface area contributed by atoms with Gasteiger partial charge in [0.25, 0.3) is 15.9 Å². The molecule has 1 spiro atoms. The molecule has 0 aromatic heterocycles. The van der Waals surface area contributed by atoms with Gasteiger partial charge in [-0.2, -0.15) is 0 Å². The zero-order valence-corrected chi connectivity index (χ0v) is 29.1. The number of carbonyl (C=O) groups excluding carboxylic acids is 2. The maximum Gasteiger partial charge on any atom is 0.408 e. The molecule has 2 aromatic rings. The first-order valence-corrected chi connectivity index (χ1v) is 19.3. The number of hydrogen-bond donors (Lipinski definition) is 2. The van der Waals surface area contributed by atoms with E-state index in [4.69, 9.17) is 30.5 Å². The first-order chi connectivity index (χ1) is 23.7. The van der Waals surface area contributed by atoms with Gasteiger partial charge in [-0.15, -0.1) is 0 Å². The van der Waals surface area contributed by atoms with Gasteiger partial charge in [-0.3, -0.25) is 4.79 Å². The van der Waals surface area contributed by atoms with Crippen molar-refractivity contribution in [2.75, 3.05) is 37.8 Å². The third-order valence-corrected chi connectivity index (χ3v) is 12.3. The fraction of sp³-hybridized carbons (Fsp3) is 0.556. The van der Waals surface area contributed by atoms with Gasteiger partial charge in [0, 0.05) is 30.6 Å². The number of benzene rings is 2. The average Bonchev–Trinajstić information content (AvgIpc) is 3.53. The SMILES string of the molecule is O=C(N[C@H]1CCOC1)O[C@H]1/C=C/COC2(CCC2)C(=O)NS(=O)(=O)c2ccc3c(c2)N(CCCCc2cc(Cl)ccc2CO3)C[C@@H]2CC[C@H]21. The average molecular weight is 714 g/mol. The van der Waals surface area contributed by atoms with Crippen LogP contribution in [0.2, 0.25) is 5.02 Å². The van der Waals surface area contributed by atoms with Crippen molar-refractivity contribution in [2.45, 2.75) is 87.0 Å². The Hall–Kier alpha value is -3.32. The molecular weight excluding hydrogens is 670 g/mol. The van der Waals surface area contributed by atoms with Gasteiger partial charge in [-0.05, 0) is 111 Å². The van der Waals surface area contributed by atoms with Gasteiger partial charge < -0.3 is 29.2 Å². The van der Waals surface area contributed by atoms with Crippen molar-refractivity contribution in [3.63, 3.8) is 0 Å². The van der Waals surface area contributed by atoms with E-state index in [9.17, 15) is 18.0 Å². The van der Waals surface area contributed by atoms with E-state index in [0.717, 1.165) is 56.1 Å². The van der Waals surface area contributed by atoms with E-state index in [1.54, 1.807) is 18.2 Å². The molecule has 2 amide bonds. The zero-order valence-electron chi connectivity index (χ0n) is 27.5. The van der Waals surface area contributed by atoms with Crippen LogP contribution in [0.4, 0.5) is 10.5 Å². The summed E-state index contributed by atoms with van der Waals surface area (Å²) in [6.45, 7) is 2.72. The second-order valence-electron chi connectivity index (χ2n) is 13.8. The van der Waals surface area contributed by atoms with Crippen molar-refractivity contribution in [3.05, 3.63) is 64.7 Å². The monoisotopic (exact) mass is 713 g/mol. The van der Waals surface area contributed by atoms with Gasteiger partial charge in [0.1, 0.15) is 24.1 Å². The Morgan fingerprint density at radius 3 is 2.69 bits per heavy atom. The lowest BCUT2D eigenvalue weighted by Gasteiger charge is -2.43. The smallest absolute Gasteiger partial charge is 0.408 e. The molecule has 1 saturated heterocycles. The summed E-state index contributed by atoms with van der Waals surface area (Å²) < 4.78 is 53.7. The minimum atomic E-state index is -4.22. The van der Waals surface area contributed by atoms with Gasteiger partial charge in [0.15, 0.2) is 0 Å². The molecule has 3 heterocycles. The molecule has 3 fully saturated rings. The van der Waals surface area contributed by atoms with Crippen LogP contribution in [0.25, 0.3) is 0 Å². The fourth-order valence-electron chi connectivity index (χ4n) is 7.47. The summed E-state index contributed by atoms with van der Waals surface area (Å²) in [6, 6.07) is 10.5. The lowest BCUT2D eigenvalue weighted by molar-refractivity contribution is -0.155. The summed E-state index contributed by atoms with van der Waals surface area (Å²) in [6.07, 6.45) is 9.37. The number of fused-ring (bicyclic) bond motifs is 3. The van der Waals surface area contributed by atoms with Crippen LogP contribution >= 0.6 is 11.6 Å². The fourth-order valence-corrected chi connectivity index (χ4v) is 8.73. The zero-order chi connectivity index (χ0) is 34.0. The number of rotatable bonds is 2. The van der Waals surface area contributed by atoms with Crippen LogP contribution in [-0.4, -0.2) is 71.1 Å². The second kappa shape index (κ2) is 14.5. The normalized spacial score (nSPS) is 28.6. The summed E-state index contributed by atoms with van der Waals surface area (Å²) >= 11 is 6.35. The molecular formula is C36H44ClN3O8S. The van der Waals surface area contributed by atoms with Gasteiger partial charge >= 0.3 is 6.09 Å². The Morgan fingerprint density at radius 2 is 1.94 bits per heavy atom. The summed E-state index contributed by atoms with van der Waals surface area (Å²) in [4.78, 5) is 28.7. The van der Waals surface area contributed by atoms with Gasteiger partial charge in [0.05, 0.1) is 29.8 Å². The maximum absolute atomic E-state index is 13.7. The van der Waals surface area contributed by atoms with Crippen molar-refractivity contribution < 1.29 is 37.0 Å². The Bertz CT molecular complexity index is 1690. The van der Waals surface area contributed by atoms with Gasteiger partial charge in [0.2, 0.25) is 0 Å². The van der Waals surface area contributed by atoms with Crippen LogP contribution in [0.3, 0.4) is 0 Å². The van der Waals surface area contributed by atoms with E-state index in [1.165, 1.54) is 6.07 Å². The summed E-state index contributed by atoms with van der Waals surface area (Å²) in [5.74, 6) is 0.0773. The highest BCUT2D eigenvalue weighted by Gasteiger charge is 2.47. The molecule has 49 heavy (non-hydrogen) atoms. The lowest BCUT2D eigenvalue weighted by Crippen LogP contribution is -2.55. The molecule has 2 aliphatic carbocycles. The molecule has 2 N–H and O–H groups in total. The molecule has 0 radical (unpaired) electrons. The molecule has 5 aliphatic rings. The largest absolute Gasteiger partial charge is 0.487 e. The highest BCUT2D eigenvalue weighted by Crippen LogP contribution is 2.42. The van der Waals surface area contributed by atoms with Crippen molar-refractivity contribution in [3.8, 4) is 5.75 Å². The third-order valence-electron chi connectivity index (χ3n) is 10.7.